The van der Waals surface area contributed by atoms with Gasteiger partial charge in [-0.1, -0.05) is 41.9 Å². The fraction of sp³-hybridized carbons (Fsp3) is 0. The number of nitro benzene ring substituents is 1. The highest BCUT2D eigenvalue weighted by atomic mass is 35.5. The van der Waals surface area contributed by atoms with Gasteiger partial charge in [0.25, 0.3) is 5.69 Å². The normalized spacial score (nSPS) is 11.0. The number of ketones is 1. The maximum Gasteiger partial charge on any atom is 0.270 e. The van der Waals surface area contributed by atoms with Gasteiger partial charge in [0.2, 0.25) is 5.78 Å². The number of benzene rings is 2. The molecule has 3 aromatic rings. The molecule has 0 radical (unpaired) electrons. The van der Waals surface area contributed by atoms with E-state index in [0.29, 0.717) is 16.9 Å². The number of carbonyl (C=O) groups is 1. The lowest BCUT2D eigenvalue weighted by molar-refractivity contribution is -0.384. The van der Waals surface area contributed by atoms with Gasteiger partial charge in [0.05, 0.1) is 9.95 Å². The molecule has 0 saturated heterocycles. The van der Waals surface area contributed by atoms with Crippen molar-refractivity contribution in [3.63, 3.8) is 0 Å². The maximum atomic E-state index is 12.4. The zero-order chi connectivity index (χ0) is 19.4. The van der Waals surface area contributed by atoms with Crippen LogP contribution in [0, 0.1) is 21.4 Å². The molecular formula is C20H11ClN2O4. The predicted octanol–water partition coefficient (Wildman–Crippen LogP) is 5.30. The number of hydrogen-bond acceptors (Lipinski definition) is 5. The molecule has 0 bridgehead atoms. The van der Waals surface area contributed by atoms with E-state index >= 15 is 0 Å². The number of nitriles is 1. The smallest absolute Gasteiger partial charge is 0.270 e. The molecule has 1 heterocycles. The second-order valence-electron chi connectivity index (χ2n) is 5.49. The second-order valence-corrected chi connectivity index (χ2v) is 5.90. The summed E-state index contributed by atoms with van der Waals surface area (Å²) >= 11 is 6.10. The first-order valence-electron chi connectivity index (χ1n) is 7.75. The van der Waals surface area contributed by atoms with Gasteiger partial charge in [-0.15, -0.1) is 0 Å². The van der Waals surface area contributed by atoms with Crippen LogP contribution in [0.25, 0.3) is 17.4 Å². The SMILES string of the molecule is N#C/C(=C\c1ccc(-c2cc([N+](=O)[O-])ccc2Cl)o1)C(=O)c1ccccc1. The van der Waals surface area contributed by atoms with Crippen molar-refractivity contribution in [3.8, 4) is 17.4 Å². The van der Waals surface area contributed by atoms with Crippen LogP contribution in [-0.4, -0.2) is 10.7 Å². The van der Waals surface area contributed by atoms with Crippen LogP contribution < -0.4 is 0 Å². The van der Waals surface area contributed by atoms with E-state index in [0.717, 1.165) is 0 Å². The van der Waals surface area contributed by atoms with Crippen molar-refractivity contribution in [2.75, 3.05) is 0 Å². The molecular weight excluding hydrogens is 368 g/mol. The molecule has 0 amide bonds. The minimum absolute atomic E-state index is 0.0905. The Morgan fingerprint density at radius 1 is 1.15 bits per heavy atom. The second kappa shape index (κ2) is 7.68. The van der Waals surface area contributed by atoms with Gasteiger partial charge in [-0.25, -0.2) is 0 Å². The molecule has 0 aliphatic carbocycles. The number of nitro groups is 1. The quantitative estimate of drug-likeness (QED) is 0.197. The van der Waals surface area contributed by atoms with Gasteiger partial charge < -0.3 is 4.42 Å². The van der Waals surface area contributed by atoms with Crippen molar-refractivity contribution in [1.82, 2.24) is 0 Å². The van der Waals surface area contributed by atoms with Crippen LogP contribution in [0.15, 0.2) is 70.7 Å². The van der Waals surface area contributed by atoms with Crippen LogP contribution in [0.2, 0.25) is 5.02 Å². The van der Waals surface area contributed by atoms with Gasteiger partial charge in [-0.2, -0.15) is 5.26 Å². The lowest BCUT2D eigenvalue weighted by atomic mass is 10.0. The van der Waals surface area contributed by atoms with Gasteiger partial charge in [0, 0.05) is 29.3 Å². The molecule has 1 aromatic heterocycles. The molecule has 0 unspecified atom stereocenters. The van der Waals surface area contributed by atoms with Crippen LogP contribution in [0.1, 0.15) is 16.1 Å². The zero-order valence-corrected chi connectivity index (χ0v) is 14.5. The Bertz CT molecular complexity index is 1090. The number of carbonyl (C=O) groups excluding carboxylic acids is 1. The van der Waals surface area contributed by atoms with Gasteiger partial charge in [0.1, 0.15) is 23.2 Å². The third-order valence-electron chi connectivity index (χ3n) is 3.74. The minimum Gasteiger partial charge on any atom is -0.457 e. The van der Waals surface area contributed by atoms with Crippen LogP contribution in [-0.2, 0) is 0 Å². The number of furan rings is 1. The highest BCUT2D eigenvalue weighted by Crippen LogP contribution is 2.33. The fourth-order valence-corrected chi connectivity index (χ4v) is 2.64. The van der Waals surface area contributed by atoms with Crippen LogP contribution in [0.5, 0.6) is 0 Å². The molecule has 2 aromatic carbocycles. The molecule has 0 spiro atoms. The van der Waals surface area contributed by atoms with E-state index < -0.39 is 10.7 Å². The summed E-state index contributed by atoms with van der Waals surface area (Å²) in [5, 5.41) is 20.5. The van der Waals surface area contributed by atoms with E-state index in [-0.39, 0.29) is 22.0 Å². The Hall–Kier alpha value is -3.69. The highest BCUT2D eigenvalue weighted by Gasteiger charge is 2.16. The van der Waals surface area contributed by atoms with Gasteiger partial charge in [-0.05, 0) is 18.2 Å². The fourth-order valence-electron chi connectivity index (χ4n) is 2.43. The number of halogens is 1. The van der Waals surface area contributed by atoms with Crippen molar-refractivity contribution >= 4 is 29.1 Å². The lowest BCUT2D eigenvalue weighted by Gasteiger charge is -2.01. The molecule has 0 N–H and O–H groups in total. The number of allylic oxidation sites excluding steroid dienone is 1. The molecule has 0 fully saturated rings. The van der Waals surface area contributed by atoms with E-state index in [1.54, 1.807) is 42.5 Å². The van der Waals surface area contributed by atoms with Crippen molar-refractivity contribution in [3.05, 3.63) is 92.7 Å². The first-order chi connectivity index (χ1) is 13.0. The first kappa shape index (κ1) is 18.1. The average molecular weight is 379 g/mol. The zero-order valence-electron chi connectivity index (χ0n) is 13.8. The van der Waals surface area contributed by atoms with Gasteiger partial charge in [-0.3, -0.25) is 14.9 Å². The molecule has 7 heteroatoms. The van der Waals surface area contributed by atoms with E-state index in [1.807, 2.05) is 6.07 Å². The van der Waals surface area contributed by atoms with E-state index in [1.165, 1.54) is 24.3 Å². The molecule has 3 rings (SSSR count). The summed E-state index contributed by atoms with van der Waals surface area (Å²) in [7, 11) is 0. The predicted molar refractivity (Wildman–Crippen MR) is 100 cm³/mol. The summed E-state index contributed by atoms with van der Waals surface area (Å²) in [4.78, 5) is 22.8. The molecule has 27 heavy (non-hydrogen) atoms. The molecule has 0 atom stereocenters. The Labute approximate surface area is 159 Å². The summed E-state index contributed by atoms with van der Waals surface area (Å²) in [5.41, 5.74) is 0.518. The summed E-state index contributed by atoms with van der Waals surface area (Å²) in [5.74, 6) is 0.122. The van der Waals surface area contributed by atoms with Gasteiger partial charge in [0.15, 0.2) is 0 Å². The Kier molecular flexibility index (Phi) is 5.15. The largest absolute Gasteiger partial charge is 0.457 e. The third-order valence-corrected chi connectivity index (χ3v) is 4.07. The maximum absolute atomic E-state index is 12.4. The Morgan fingerprint density at radius 3 is 2.56 bits per heavy atom. The number of nitrogens with zero attached hydrogens (tertiary/aromatic N) is 2. The number of non-ortho nitro benzene ring substituents is 1. The van der Waals surface area contributed by atoms with E-state index in [4.69, 9.17) is 16.0 Å². The molecule has 0 aliphatic rings. The number of rotatable bonds is 5. The molecule has 0 saturated carbocycles. The molecule has 6 nitrogen and oxygen atoms in total. The van der Waals surface area contributed by atoms with Crippen LogP contribution in [0.4, 0.5) is 5.69 Å². The van der Waals surface area contributed by atoms with Crippen molar-refractivity contribution < 1.29 is 14.1 Å². The Balaban J connectivity index is 1.95. The van der Waals surface area contributed by atoms with Crippen LogP contribution in [0.3, 0.4) is 0 Å². The topological polar surface area (TPSA) is 97.1 Å². The summed E-state index contributed by atoms with van der Waals surface area (Å²) in [6.07, 6.45) is 1.32. The van der Waals surface area contributed by atoms with Crippen molar-refractivity contribution in [2.45, 2.75) is 0 Å². The first-order valence-corrected chi connectivity index (χ1v) is 8.13. The van der Waals surface area contributed by atoms with Crippen molar-refractivity contribution in [1.29, 1.82) is 5.26 Å². The van der Waals surface area contributed by atoms with E-state index in [2.05, 4.69) is 0 Å². The van der Waals surface area contributed by atoms with E-state index in [9.17, 15) is 20.2 Å². The lowest BCUT2D eigenvalue weighted by Crippen LogP contribution is -2.01. The summed E-state index contributed by atoms with van der Waals surface area (Å²) < 4.78 is 5.62. The summed E-state index contributed by atoms with van der Waals surface area (Å²) in [6, 6.07) is 17.4. The monoisotopic (exact) mass is 378 g/mol. The average Bonchev–Trinajstić information content (AvgIpc) is 3.14. The highest BCUT2D eigenvalue weighted by molar-refractivity contribution is 6.33. The Morgan fingerprint density at radius 2 is 1.89 bits per heavy atom. The van der Waals surface area contributed by atoms with Crippen molar-refractivity contribution in [2.24, 2.45) is 0 Å². The van der Waals surface area contributed by atoms with Crippen LogP contribution >= 0.6 is 11.6 Å². The standard InChI is InChI=1S/C20H11ClN2O4/c21-18-8-6-15(23(25)26)11-17(18)19-9-7-16(27-19)10-14(12-22)20(24)13-4-2-1-3-5-13/h1-11H/b14-10+. The minimum atomic E-state index is -0.532. The summed E-state index contributed by atoms with van der Waals surface area (Å²) in [6.45, 7) is 0. The number of hydrogen-bond donors (Lipinski definition) is 0. The third kappa shape index (κ3) is 3.94. The van der Waals surface area contributed by atoms with Gasteiger partial charge >= 0.3 is 0 Å². The number of Topliss-reactive ketones (excluding diaryl/α,β-unsaturated/α-hetero) is 1. The molecule has 0 aliphatic heterocycles. The molecule has 132 valence electrons.